The van der Waals surface area contributed by atoms with Crippen molar-refractivity contribution in [3.8, 4) is 0 Å². The summed E-state index contributed by atoms with van der Waals surface area (Å²) in [5.74, 6) is 0.846. The van der Waals surface area contributed by atoms with Gasteiger partial charge in [-0.25, -0.2) is 14.6 Å². The van der Waals surface area contributed by atoms with E-state index in [9.17, 15) is 0 Å². The van der Waals surface area contributed by atoms with E-state index in [1.807, 2.05) is 16.9 Å². The molecule has 1 aromatic carbocycles. The van der Waals surface area contributed by atoms with Gasteiger partial charge < -0.3 is 5.32 Å². The molecule has 0 saturated heterocycles. The minimum atomic E-state index is 0.177. The zero-order valence-corrected chi connectivity index (χ0v) is 15.2. The summed E-state index contributed by atoms with van der Waals surface area (Å²) in [7, 11) is 0. The van der Waals surface area contributed by atoms with Crippen molar-refractivity contribution < 1.29 is 0 Å². The molecule has 0 unspecified atom stereocenters. The standard InChI is InChI=1S/C20H27N5/c1-3-4-5-6-10-13-25-20-18(14-23-25)19(21-15-22-20)24-16(2)17-11-8-7-9-12-17/h7-9,11-12,14-16H,3-6,10,13H2,1-2H3,(H,21,22,24)/t16-/m1/s1. The molecule has 3 rings (SSSR count). The summed E-state index contributed by atoms with van der Waals surface area (Å²) in [6, 6.07) is 10.6. The zero-order valence-electron chi connectivity index (χ0n) is 15.2. The quantitative estimate of drug-likeness (QED) is 0.560. The molecule has 132 valence electrons. The van der Waals surface area contributed by atoms with Crippen molar-refractivity contribution in [1.82, 2.24) is 19.7 Å². The van der Waals surface area contributed by atoms with Crippen LogP contribution in [-0.2, 0) is 6.54 Å². The van der Waals surface area contributed by atoms with Gasteiger partial charge in [-0.05, 0) is 18.9 Å². The molecule has 1 N–H and O–H groups in total. The lowest BCUT2D eigenvalue weighted by atomic mass is 10.1. The summed E-state index contributed by atoms with van der Waals surface area (Å²) in [6.45, 7) is 5.29. The molecule has 5 nitrogen and oxygen atoms in total. The fraction of sp³-hybridized carbons (Fsp3) is 0.450. The lowest BCUT2D eigenvalue weighted by molar-refractivity contribution is 0.541. The van der Waals surface area contributed by atoms with Gasteiger partial charge in [0.05, 0.1) is 11.6 Å². The summed E-state index contributed by atoms with van der Waals surface area (Å²) < 4.78 is 2.00. The molecule has 0 bridgehead atoms. The third-order valence-corrected chi connectivity index (χ3v) is 4.56. The summed E-state index contributed by atoms with van der Waals surface area (Å²) in [6.07, 6.45) is 9.77. The Labute approximate surface area is 149 Å². The highest BCUT2D eigenvalue weighted by Crippen LogP contribution is 2.24. The highest BCUT2D eigenvalue weighted by molar-refractivity contribution is 5.86. The van der Waals surface area contributed by atoms with E-state index in [1.165, 1.54) is 31.2 Å². The number of hydrogen-bond donors (Lipinski definition) is 1. The van der Waals surface area contributed by atoms with Crippen LogP contribution in [0.1, 0.15) is 57.6 Å². The van der Waals surface area contributed by atoms with Gasteiger partial charge in [0.2, 0.25) is 0 Å². The Balaban J connectivity index is 1.70. The fourth-order valence-corrected chi connectivity index (χ4v) is 3.07. The van der Waals surface area contributed by atoms with Crippen molar-refractivity contribution in [3.05, 3.63) is 48.4 Å². The molecule has 0 saturated carbocycles. The van der Waals surface area contributed by atoms with Crippen molar-refractivity contribution >= 4 is 16.9 Å². The molecule has 5 heteroatoms. The first-order valence-electron chi connectivity index (χ1n) is 9.27. The molecule has 3 aromatic rings. The Bertz CT molecular complexity index is 781. The van der Waals surface area contributed by atoms with Crippen LogP contribution in [0.15, 0.2) is 42.9 Å². The number of aryl methyl sites for hydroxylation is 1. The Morgan fingerprint density at radius 3 is 2.64 bits per heavy atom. The van der Waals surface area contributed by atoms with Gasteiger partial charge in [-0.3, -0.25) is 0 Å². The lowest BCUT2D eigenvalue weighted by Crippen LogP contribution is -2.08. The normalized spacial score (nSPS) is 12.4. The number of hydrogen-bond acceptors (Lipinski definition) is 4. The zero-order chi connectivity index (χ0) is 17.5. The molecule has 0 spiro atoms. The number of rotatable bonds is 9. The van der Waals surface area contributed by atoms with E-state index in [2.05, 4.69) is 58.5 Å². The first-order chi connectivity index (χ1) is 12.3. The molecule has 0 radical (unpaired) electrons. The van der Waals surface area contributed by atoms with Crippen LogP contribution >= 0.6 is 0 Å². The van der Waals surface area contributed by atoms with Crippen LogP contribution in [0.3, 0.4) is 0 Å². The van der Waals surface area contributed by atoms with Crippen molar-refractivity contribution in [2.45, 2.75) is 58.5 Å². The predicted octanol–water partition coefficient (Wildman–Crippen LogP) is 4.97. The average molecular weight is 337 g/mol. The smallest absolute Gasteiger partial charge is 0.163 e. The average Bonchev–Trinajstić information content (AvgIpc) is 3.06. The summed E-state index contributed by atoms with van der Waals surface area (Å²) >= 11 is 0. The maximum absolute atomic E-state index is 4.53. The van der Waals surface area contributed by atoms with Crippen LogP contribution in [0.2, 0.25) is 0 Å². The van der Waals surface area contributed by atoms with Crippen molar-refractivity contribution in [3.63, 3.8) is 0 Å². The second kappa shape index (κ2) is 8.60. The summed E-state index contributed by atoms with van der Waals surface area (Å²) in [5, 5.41) is 9.01. The minimum absolute atomic E-state index is 0.177. The molecule has 0 amide bonds. The van der Waals surface area contributed by atoms with Crippen LogP contribution in [0.5, 0.6) is 0 Å². The Morgan fingerprint density at radius 1 is 1.04 bits per heavy atom. The number of benzene rings is 1. The van der Waals surface area contributed by atoms with Crippen molar-refractivity contribution in [2.24, 2.45) is 0 Å². The number of fused-ring (bicyclic) bond motifs is 1. The molecular weight excluding hydrogens is 310 g/mol. The molecule has 2 heterocycles. The highest BCUT2D eigenvalue weighted by atomic mass is 15.3. The topological polar surface area (TPSA) is 55.6 Å². The second-order valence-electron chi connectivity index (χ2n) is 6.52. The van der Waals surface area contributed by atoms with E-state index >= 15 is 0 Å². The van der Waals surface area contributed by atoms with Crippen LogP contribution < -0.4 is 5.32 Å². The van der Waals surface area contributed by atoms with Crippen LogP contribution in [-0.4, -0.2) is 19.7 Å². The first kappa shape index (κ1) is 17.4. The predicted molar refractivity (Wildman–Crippen MR) is 103 cm³/mol. The second-order valence-corrected chi connectivity index (χ2v) is 6.52. The van der Waals surface area contributed by atoms with E-state index in [4.69, 9.17) is 0 Å². The number of anilines is 1. The van der Waals surface area contributed by atoms with Gasteiger partial charge in [0, 0.05) is 12.6 Å². The largest absolute Gasteiger partial charge is 0.363 e. The fourth-order valence-electron chi connectivity index (χ4n) is 3.07. The van der Waals surface area contributed by atoms with Gasteiger partial charge in [0.1, 0.15) is 12.1 Å². The Hall–Kier alpha value is -2.43. The lowest BCUT2D eigenvalue weighted by Gasteiger charge is -2.15. The van der Waals surface area contributed by atoms with E-state index in [1.54, 1.807) is 6.33 Å². The van der Waals surface area contributed by atoms with E-state index < -0.39 is 0 Å². The van der Waals surface area contributed by atoms with Crippen LogP contribution in [0.25, 0.3) is 11.0 Å². The molecule has 1 atom stereocenters. The maximum atomic E-state index is 4.53. The first-order valence-corrected chi connectivity index (χ1v) is 9.27. The molecule has 0 aliphatic heterocycles. The van der Waals surface area contributed by atoms with Gasteiger partial charge in [0.25, 0.3) is 0 Å². The number of nitrogens with zero attached hydrogens (tertiary/aromatic N) is 4. The minimum Gasteiger partial charge on any atom is -0.363 e. The van der Waals surface area contributed by atoms with Gasteiger partial charge in [-0.2, -0.15) is 5.10 Å². The third kappa shape index (κ3) is 4.35. The Morgan fingerprint density at radius 2 is 1.84 bits per heavy atom. The van der Waals surface area contributed by atoms with Gasteiger partial charge in [0.15, 0.2) is 5.65 Å². The molecule has 0 aliphatic carbocycles. The summed E-state index contributed by atoms with van der Waals surface area (Å²) in [5.41, 5.74) is 2.14. The molecular formula is C20H27N5. The van der Waals surface area contributed by atoms with Crippen LogP contribution in [0.4, 0.5) is 5.82 Å². The molecule has 25 heavy (non-hydrogen) atoms. The van der Waals surface area contributed by atoms with E-state index in [-0.39, 0.29) is 6.04 Å². The third-order valence-electron chi connectivity index (χ3n) is 4.56. The van der Waals surface area contributed by atoms with E-state index in [0.717, 1.165) is 29.8 Å². The van der Waals surface area contributed by atoms with Crippen molar-refractivity contribution in [1.29, 1.82) is 0 Å². The molecule has 2 aromatic heterocycles. The number of unbranched alkanes of at least 4 members (excludes halogenated alkanes) is 4. The van der Waals surface area contributed by atoms with Gasteiger partial charge in [-0.15, -0.1) is 0 Å². The number of nitrogens with one attached hydrogen (secondary N) is 1. The monoisotopic (exact) mass is 337 g/mol. The summed E-state index contributed by atoms with van der Waals surface area (Å²) in [4.78, 5) is 8.88. The molecule has 0 fully saturated rings. The van der Waals surface area contributed by atoms with Gasteiger partial charge in [-0.1, -0.05) is 62.9 Å². The van der Waals surface area contributed by atoms with Gasteiger partial charge >= 0.3 is 0 Å². The van der Waals surface area contributed by atoms with Crippen molar-refractivity contribution in [2.75, 3.05) is 5.32 Å². The van der Waals surface area contributed by atoms with E-state index in [0.29, 0.717) is 0 Å². The molecule has 0 aliphatic rings. The highest BCUT2D eigenvalue weighted by Gasteiger charge is 2.12. The number of aromatic nitrogens is 4. The van der Waals surface area contributed by atoms with Crippen LogP contribution in [0, 0.1) is 0 Å². The Kier molecular flexibility index (Phi) is 5.99. The maximum Gasteiger partial charge on any atom is 0.163 e. The SMILES string of the molecule is CCCCCCCn1ncc2c(N[C@H](C)c3ccccc3)ncnc21.